The molecule has 0 aliphatic heterocycles. The molecule has 0 aliphatic rings. The Bertz CT molecular complexity index is 99.2. The summed E-state index contributed by atoms with van der Waals surface area (Å²) in [6.45, 7) is 2.39. The number of hydrogen-bond acceptors (Lipinski definition) is 4. The fourth-order valence-corrected chi connectivity index (χ4v) is 1.12. The van der Waals surface area contributed by atoms with Gasteiger partial charge in [-0.1, -0.05) is 13.3 Å². The second-order valence-corrected chi connectivity index (χ2v) is 3.09. The number of hydrogen-bond donors (Lipinski definition) is 4. The maximum absolute atomic E-state index is 9.42. The van der Waals surface area contributed by atoms with E-state index in [4.69, 9.17) is 11.5 Å². The zero-order valence-corrected chi connectivity index (χ0v) is 7.61. The van der Waals surface area contributed by atoms with Crippen molar-refractivity contribution in [2.75, 3.05) is 6.54 Å². The van der Waals surface area contributed by atoms with E-state index in [9.17, 15) is 10.2 Å². The molecule has 0 amide bonds. The van der Waals surface area contributed by atoms with Crippen molar-refractivity contribution in [3.8, 4) is 0 Å². The van der Waals surface area contributed by atoms with Crippen LogP contribution >= 0.6 is 0 Å². The summed E-state index contributed by atoms with van der Waals surface area (Å²) in [5.74, 6) is 0. The topological polar surface area (TPSA) is 92.5 Å². The Labute approximate surface area is 73.6 Å². The lowest BCUT2D eigenvalue weighted by atomic mass is 10.0. The van der Waals surface area contributed by atoms with Crippen molar-refractivity contribution in [3.05, 3.63) is 0 Å². The molecule has 3 unspecified atom stereocenters. The van der Waals surface area contributed by atoms with Crippen LogP contribution in [-0.4, -0.2) is 35.0 Å². The van der Waals surface area contributed by atoms with Crippen LogP contribution in [0.15, 0.2) is 0 Å². The zero-order chi connectivity index (χ0) is 9.56. The summed E-state index contributed by atoms with van der Waals surface area (Å²) >= 11 is 0. The van der Waals surface area contributed by atoms with Crippen LogP contribution in [0.4, 0.5) is 0 Å². The Kier molecular flexibility index (Phi) is 6.28. The van der Waals surface area contributed by atoms with Gasteiger partial charge in [0.25, 0.3) is 0 Å². The Balaban J connectivity index is 3.73. The van der Waals surface area contributed by atoms with E-state index in [-0.39, 0.29) is 0 Å². The first-order valence-corrected chi connectivity index (χ1v) is 4.45. The molecule has 6 N–H and O–H groups in total. The average Bonchev–Trinajstić information content (AvgIpc) is 2.04. The van der Waals surface area contributed by atoms with Gasteiger partial charge in [0.05, 0.1) is 12.2 Å². The van der Waals surface area contributed by atoms with E-state index < -0.39 is 18.2 Å². The molecule has 0 saturated heterocycles. The highest BCUT2D eigenvalue weighted by molar-refractivity contribution is 4.78. The lowest BCUT2D eigenvalue weighted by Crippen LogP contribution is -2.44. The van der Waals surface area contributed by atoms with E-state index in [1.807, 2.05) is 6.92 Å². The highest BCUT2D eigenvalue weighted by Crippen LogP contribution is 2.06. The molecule has 0 heterocycles. The van der Waals surface area contributed by atoms with Gasteiger partial charge in [-0.25, -0.2) is 0 Å². The predicted octanol–water partition coefficient (Wildman–Crippen LogP) is -0.816. The van der Waals surface area contributed by atoms with Crippen molar-refractivity contribution >= 4 is 0 Å². The van der Waals surface area contributed by atoms with Gasteiger partial charge in [-0.2, -0.15) is 0 Å². The van der Waals surface area contributed by atoms with Gasteiger partial charge >= 0.3 is 0 Å². The minimum atomic E-state index is -0.839. The molecule has 4 nitrogen and oxygen atoms in total. The second-order valence-electron chi connectivity index (χ2n) is 3.09. The van der Waals surface area contributed by atoms with Crippen molar-refractivity contribution in [3.63, 3.8) is 0 Å². The van der Waals surface area contributed by atoms with E-state index in [1.165, 1.54) is 0 Å². The number of aliphatic hydroxyl groups is 2. The molecule has 0 saturated carbocycles. The lowest BCUT2D eigenvalue weighted by Gasteiger charge is -2.22. The van der Waals surface area contributed by atoms with Crippen LogP contribution in [0, 0.1) is 0 Å². The summed E-state index contributed by atoms with van der Waals surface area (Å²) in [6.07, 6.45) is 0.416. The van der Waals surface area contributed by atoms with Crippen molar-refractivity contribution in [1.29, 1.82) is 0 Å². The Morgan fingerprint density at radius 1 is 1.25 bits per heavy atom. The number of nitrogens with two attached hydrogens (primary N) is 2. The third-order valence-corrected chi connectivity index (χ3v) is 1.92. The molecule has 4 heteroatoms. The van der Waals surface area contributed by atoms with E-state index in [0.717, 1.165) is 6.42 Å². The van der Waals surface area contributed by atoms with Crippen LogP contribution in [0.3, 0.4) is 0 Å². The third-order valence-electron chi connectivity index (χ3n) is 1.92. The molecular weight excluding hydrogens is 156 g/mol. The minimum absolute atomic E-state index is 0.406. The highest BCUT2D eigenvalue weighted by atomic mass is 16.3. The maximum Gasteiger partial charge on any atom is 0.0949 e. The molecule has 0 rings (SSSR count). The smallest absolute Gasteiger partial charge is 0.0949 e. The normalized spacial score (nSPS) is 18.8. The summed E-state index contributed by atoms with van der Waals surface area (Å²) in [6, 6.07) is -0.406. The second kappa shape index (κ2) is 6.37. The summed E-state index contributed by atoms with van der Waals surface area (Å²) in [5.41, 5.74) is 10.8. The molecule has 0 fully saturated rings. The highest BCUT2D eigenvalue weighted by Gasteiger charge is 2.21. The standard InChI is InChI=1S/C8H20N2O2/c1-2-3-7(11)8(12)6(10)4-5-9/h6-8,11-12H,2-5,9-10H2,1H3. The van der Waals surface area contributed by atoms with Gasteiger partial charge < -0.3 is 21.7 Å². The molecule has 12 heavy (non-hydrogen) atoms. The van der Waals surface area contributed by atoms with Gasteiger partial charge in [-0.05, 0) is 19.4 Å². The van der Waals surface area contributed by atoms with E-state index in [2.05, 4.69) is 0 Å². The maximum atomic E-state index is 9.42. The quantitative estimate of drug-likeness (QED) is 0.425. The van der Waals surface area contributed by atoms with Crippen LogP contribution in [0.5, 0.6) is 0 Å². The SMILES string of the molecule is CCCC(O)C(O)C(N)CCN. The molecule has 0 aliphatic carbocycles. The van der Waals surface area contributed by atoms with Crippen LogP contribution in [0.25, 0.3) is 0 Å². The Hall–Kier alpha value is -0.160. The van der Waals surface area contributed by atoms with E-state index >= 15 is 0 Å². The molecule has 0 spiro atoms. The Morgan fingerprint density at radius 2 is 1.83 bits per heavy atom. The number of aliphatic hydroxyl groups excluding tert-OH is 2. The van der Waals surface area contributed by atoms with Crippen molar-refractivity contribution in [2.45, 2.75) is 44.4 Å². The molecule has 0 aromatic heterocycles. The van der Waals surface area contributed by atoms with Crippen LogP contribution in [-0.2, 0) is 0 Å². The fraction of sp³-hybridized carbons (Fsp3) is 1.00. The minimum Gasteiger partial charge on any atom is -0.390 e. The summed E-state index contributed by atoms with van der Waals surface area (Å²) in [4.78, 5) is 0. The van der Waals surface area contributed by atoms with Crippen molar-refractivity contribution in [1.82, 2.24) is 0 Å². The monoisotopic (exact) mass is 176 g/mol. The molecular formula is C8H20N2O2. The van der Waals surface area contributed by atoms with Crippen molar-refractivity contribution in [2.24, 2.45) is 11.5 Å². The van der Waals surface area contributed by atoms with Gasteiger partial charge in [0, 0.05) is 6.04 Å². The van der Waals surface area contributed by atoms with E-state index in [1.54, 1.807) is 0 Å². The molecule has 0 radical (unpaired) electrons. The van der Waals surface area contributed by atoms with Crippen LogP contribution in [0.1, 0.15) is 26.2 Å². The van der Waals surface area contributed by atoms with E-state index in [0.29, 0.717) is 19.4 Å². The molecule has 0 aromatic rings. The molecule has 0 aromatic carbocycles. The van der Waals surface area contributed by atoms with Crippen molar-refractivity contribution < 1.29 is 10.2 Å². The summed E-state index contributed by atoms with van der Waals surface area (Å²) in [5, 5.41) is 18.8. The van der Waals surface area contributed by atoms with Gasteiger partial charge in [0.15, 0.2) is 0 Å². The first-order chi connectivity index (χ1) is 5.63. The first-order valence-electron chi connectivity index (χ1n) is 4.45. The largest absolute Gasteiger partial charge is 0.390 e. The lowest BCUT2D eigenvalue weighted by molar-refractivity contribution is -0.00165. The van der Waals surface area contributed by atoms with Crippen LogP contribution < -0.4 is 11.5 Å². The number of rotatable bonds is 6. The third kappa shape index (κ3) is 4.01. The van der Waals surface area contributed by atoms with Gasteiger partial charge in [-0.15, -0.1) is 0 Å². The predicted molar refractivity (Wildman–Crippen MR) is 48.6 cm³/mol. The fourth-order valence-electron chi connectivity index (χ4n) is 1.12. The average molecular weight is 176 g/mol. The summed E-state index contributed by atoms with van der Waals surface area (Å²) in [7, 11) is 0. The van der Waals surface area contributed by atoms with Gasteiger partial charge in [0.1, 0.15) is 0 Å². The molecule has 3 atom stereocenters. The van der Waals surface area contributed by atoms with Gasteiger partial charge in [-0.3, -0.25) is 0 Å². The van der Waals surface area contributed by atoms with Crippen LogP contribution in [0.2, 0.25) is 0 Å². The van der Waals surface area contributed by atoms with Gasteiger partial charge in [0.2, 0.25) is 0 Å². The first kappa shape index (κ1) is 11.8. The molecule has 0 bridgehead atoms. The molecule has 74 valence electrons. The Morgan fingerprint density at radius 3 is 2.25 bits per heavy atom. The zero-order valence-electron chi connectivity index (χ0n) is 7.61. The summed E-state index contributed by atoms with van der Waals surface area (Å²) < 4.78 is 0.